The zero-order chi connectivity index (χ0) is 18.0. The van der Waals surface area contributed by atoms with Crippen molar-refractivity contribution in [1.82, 2.24) is 0 Å². The van der Waals surface area contributed by atoms with Crippen LogP contribution >= 0.6 is 23.2 Å². The third-order valence-corrected chi connectivity index (χ3v) is 4.75. The van der Waals surface area contributed by atoms with Crippen LogP contribution in [-0.2, 0) is 16.0 Å². The predicted octanol–water partition coefficient (Wildman–Crippen LogP) is 4.55. The molecule has 130 valence electrons. The second-order valence-corrected chi connectivity index (χ2v) is 6.91. The Morgan fingerprint density at radius 2 is 1.88 bits per heavy atom. The Kier molecular flexibility index (Phi) is 5.30. The Balaban J connectivity index is 1.74. The molecule has 1 unspecified atom stereocenters. The van der Waals surface area contributed by atoms with Gasteiger partial charge in [0, 0.05) is 34.4 Å². The first-order valence-corrected chi connectivity index (χ1v) is 8.88. The maximum atomic E-state index is 12.6. The highest BCUT2D eigenvalue weighted by Crippen LogP contribution is 2.31. The minimum Gasteiger partial charge on any atom is -0.326 e. The molecule has 4 nitrogen and oxygen atoms in total. The van der Waals surface area contributed by atoms with Crippen LogP contribution in [0.15, 0.2) is 42.5 Å². The number of hydrogen-bond acceptors (Lipinski definition) is 2. The lowest BCUT2D eigenvalue weighted by molar-refractivity contribution is -0.122. The fourth-order valence-corrected chi connectivity index (χ4v) is 3.53. The SMILES string of the molecule is CCc1ccccc1NC(=O)C1CC(=O)N(c2cc(Cl)cc(Cl)c2)C1. The highest BCUT2D eigenvalue weighted by molar-refractivity contribution is 6.35. The molecule has 6 heteroatoms. The molecule has 1 atom stereocenters. The number of aryl methyl sites for hydroxylation is 1. The summed E-state index contributed by atoms with van der Waals surface area (Å²) in [6.45, 7) is 2.35. The summed E-state index contributed by atoms with van der Waals surface area (Å²) in [7, 11) is 0. The molecule has 0 bridgehead atoms. The van der Waals surface area contributed by atoms with Crippen molar-refractivity contribution in [2.45, 2.75) is 19.8 Å². The molecule has 25 heavy (non-hydrogen) atoms. The topological polar surface area (TPSA) is 49.4 Å². The van der Waals surface area contributed by atoms with Crippen LogP contribution in [0.25, 0.3) is 0 Å². The van der Waals surface area contributed by atoms with Crippen molar-refractivity contribution in [3.05, 3.63) is 58.1 Å². The van der Waals surface area contributed by atoms with Gasteiger partial charge < -0.3 is 10.2 Å². The summed E-state index contributed by atoms with van der Waals surface area (Å²) in [6.07, 6.45) is 0.997. The van der Waals surface area contributed by atoms with E-state index in [0.717, 1.165) is 17.7 Å². The number of halogens is 2. The van der Waals surface area contributed by atoms with Crippen molar-refractivity contribution in [3.8, 4) is 0 Å². The minimum absolute atomic E-state index is 0.109. The van der Waals surface area contributed by atoms with E-state index in [0.29, 0.717) is 22.3 Å². The van der Waals surface area contributed by atoms with E-state index in [1.54, 1.807) is 23.1 Å². The van der Waals surface area contributed by atoms with Gasteiger partial charge in [-0.05, 0) is 36.2 Å². The summed E-state index contributed by atoms with van der Waals surface area (Å²) in [5.41, 5.74) is 2.48. The number of anilines is 2. The molecule has 1 fully saturated rings. The molecule has 1 N–H and O–H groups in total. The third-order valence-electron chi connectivity index (χ3n) is 4.31. The zero-order valence-corrected chi connectivity index (χ0v) is 15.3. The molecule has 0 radical (unpaired) electrons. The van der Waals surface area contributed by atoms with Gasteiger partial charge in [0.25, 0.3) is 0 Å². The number of rotatable bonds is 4. The lowest BCUT2D eigenvalue weighted by atomic mass is 10.1. The van der Waals surface area contributed by atoms with Crippen LogP contribution in [0.4, 0.5) is 11.4 Å². The molecule has 2 amide bonds. The van der Waals surface area contributed by atoms with Gasteiger partial charge >= 0.3 is 0 Å². The maximum absolute atomic E-state index is 12.6. The molecule has 1 aliphatic rings. The number of carbonyl (C=O) groups is 2. The third kappa shape index (κ3) is 3.97. The van der Waals surface area contributed by atoms with E-state index in [4.69, 9.17) is 23.2 Å². The number of benzene rings is 2. The molecule has 2 aromatic carbocycles. The van der Waals surface area contributed by atoms with Crippen molar-refractivity contribution in [1.29, 1.82) is 0 Å². The fraction of sp³-hybridized carbons (Fsp3) is 0.263. The molecule has 1 saturated heterocycles. The van der Waals surface area contributed by atoms with Gasteiger partial charge in [0.15, 0.2) is 0 Å². The quantitative estimate of drug-likeness (QED) is 0.850. The van der Waals surface area contributed by atoms with Gasteiger partial charge in [-0.3, -0.25) is 9.59 Å². The molecule has 0 spiro atoms. The van der Waals surface area contributed by atoms with Crippen LogP contribution in [0.2, 0.25) is 10.0 Å². The number of nitrogens with zero attached hydrogens (tertiary/aromatic N) is 1. The normalized spacial score (nSPS) is 17.0. The Labute approximate surface area is 156 Å². The van der Waals surface area contributed by atoms with Crippen LogP contribution in [0, 0.1) is 5.92 Å². The zero-order valence-electron chi connectivity index (χ0n) is 13.8. The molecule has 0 aliphatic carbocycles. The Bertz CT molecular complexity index is 803. The van der Waals surface area contributed by atoms with Crippen molar-refractivity contribution < 1.29 is 9.59 Å². The first-order valence-electron chi connectivity index (χ1n) is 8.13. The summed E-state index contributed by atoms with van der Waals surface area (Å²) in [5.74, 6) is -0.665. The van der Waals surface area contributed by atoms with Crippen LogP contribution in [0.5, 0.6) is 0 Å². The van der Waals surface area contributed by atoms with Gasteiger partial charge in [0.05, 0.1) is 5.92 Å². The molecular weight excluding hydrogens is 359 g/mol. The minimum atomic E-state index is -0.407. The smallest absolute Gasteiger partial charge is 0.229 e. The summed E-state index contributed by atoms with van der Waals surface area (Å²) in [6, 6.07) is 12.7. The largest absolute Gasteiger partial charge is 0.326 e. The van der Waals surface area contributed by atoms with E-state index in [-0.39, 0.29) is 18.2 Å². The average molecular weight is 377 g/mol. The highest BCUT2D eigenvalue weighted by atomic mass is 35.5. The number of amides is 2. The first-order chi connectivity index (χ1) is 12.0. The van der Waals surface area contributed by atoms with Crippen molar-refractivity contribution in [3.63, 3.8) is 0 Å². The maximum Gasteiger partial charge on any atom is 0.229 e. The molecule has 1 aliphatic heterocycles. The molecule has 3 rings (SSSR count). The van der Waals surface area contributed by atoms with E-state index < -0.39 is 5.92 Å². The monoisotopic (exact) mass is 376 g/mol. The van der Waals surface area contributed by atoms with Gasteiger partial charge in [-0.25, -0.2) is 0 Å². The first kappa shape index (κ1) is 17.8. The summed E-state index contributed by atoms with van der Waals surface area (Å²) in [5, 5.41) is 3.87. The summed E-state index contributed by atoms with van der Waals surface area (Å²) >= 11 is 12.0. The lowest BCUT2D eigenvalue weighted by Crippen LogP contribution is -2.28. The van der Waals surface area contributed by atoms with Gasteiger partial charge in [0.1, 0.15) is 0 Å². The van der Waals surface area contributed by atoms with Gasteiger partial charge in [-0.2, -0.15) is 0 Å². The summed E-state index contributed by atoms with van der Waals surface area (Å²) in [4.78, 5) is 26.5. The number of nitrogens with one attached hydrogen (secondary N) is 1. The van der Waals surface area contributed by atoms with Gasteiger partial charge in [-0.15, -0.1) is 0 Å². The van der Waals surface area contributed by atoms with Crippen molar-refractivity contribution >= 4 is 46.4 Å². The fourth-order valence-electron chi connectivity index (χ4n) is 3.01. The van der Waals surface area contributed by atoms with E-state index in [1.807, 2.05) is 31.2 Å². The number of para-hydroxylation sites is 1. The second-order valence-electron chi connectivity index (χ2n) is 6.03. The molecule has 0 aromatic heterocycles. The standard InChI is InChI=1S/C19H18Cl2N2O2/c1-2-12-5-3-4-6-17(12)22-19(25)13-7-18(24)23(11-13)16-9-14(20)8-15(21)10-16/h3-6,8-10,13H,2,7,11H2,1H3,(H,22,25). The lowest BCUT2D eigenvalue weighted by Gasteiger charge is -2.18. The van der Waals surface area contributed by atoms with E-state index in [1.165, 1.54) is 0 Å². The van der Waals surface area contributed by atoms with E-state index in [9.17, 15) is 9.59 Å². The van der Waals surface area contributed by atoms with Crippen molar-refractivity contribution in [2.75, 3.05) is 16.8 Å². The Morgan fingerprint density at radius 3 is 2.56 bits per heavy atom. The molecule has 0 saturated carbocycles. The average Bonchev–Trinajstić information content (AvgIpc) is 2.96. The summed E-state index contributed by atoms with van der Waals surface area (Å²) < 4.78 is 0. The number of carbonyl (C=O) groups excluding carboxylic acids is 2. The van der Waals surface area contributed by atoms with E-state index >= 15 is 0 Å². The molecular formula is C19H18Cl2N2O2. The second kappa shape index (κ2) is 7.46. The highest BCUT2D eigenvalue weighted by Gasteiger charge is 2.35. The Morgan fingerprint density at radius 1 is 1.20 bits per heavy atom. The van der Waals surface area contributed by atoms with Crippen molar-refractivity contribution in [2.24, 2.45) is 5.92 Å². The Hall–Kier alpha value is -2.04. The van der Waals surface area contributed by atoms with Crippen LogP contribution in [-0.4, -0.2) is 18.4 Å². The van der Waals surface area contributed by atoms with Gasteiger partial charge in [-0.1, -0.05) is 48.3 Å². The van der Waals surface area contributed by atoms with Gasteiger partial charge in [0.2, 0.25) is 11.8 Å². The molecule has 1 heterocycles. The number of hydrogen-bond donors (Lipinski definition) is 1. The predicted molar refractivity (Wildman–Crippen MR) is 101 cm³/mol. The van der Waals surface area contributed by atoms with E-state index in [2.05, 4.69) is 5.32 Å². The van der Waals surface area contributed by atoms with Crippen LogP contribution in [0.1, 0.15) is 18.9 Å². The van der Waals surface area contributed by atoms with Crippen LogP contribution < -0.4 is 10.2 Å². The van der Waals surface area contributed by atoms with Crippen LogP contribution in [0.3, 0.4) is 0 Å². The molecule has 2 aromatic rings.